The number of hydrogen-bond donors (Lipinski definition) is 1. The van der Waals surface area contributed by atoms with E-state index in [4.69, 9.17) is 4.74 Å². The van der Waals surface area contributed by atoms with Crippen LogP contribution in [-0.4, -0.2) is 72.0 Å². The molecule has 1 saturated carbocycles. The number of aliphatic hydroxyl groups excluding tert-OH is 1. The molecule has 2 saturated heterocycles. The lowest BCUT2D eigenvalue weighted by molar-refractivity contribution is -0.166. The van der Waals surface area contributed by atoms with Crippen LogP contribution in [0.15, 0.2) is 0 Å². The quantitative estimate of drug-likeness (QED) is 0.854. The van der Waals surface area contributed by atoms with Gasteiger partial charge in [-0.05, 0) is 19.8 Å². The molecule has 0 aromatic carbocycles. The minimum absolute atomic E-state index is 0.224. The number of β-amino-alcohol motifs (C(OH)–C–C–N with tert-alkyl or cyclic N) is 1. The van der Waals surface area contributed by atoms with Crippen LogP contribution in [0.2, 0.25) is 0 Å². The summed E-state index contributed by atoms with van der Waals surface area (Å²) in [6.07, 6.45) is 2.67. The van der Waals surface area contributed by atoms with Crippen LogP contribution in [0, 0.1) is 11.3 Å². The standard InChI is InChI=1S/C17H32N2O2/c1-5-13-11-19(8-7-18(13)10-12(2)20)15-14-6-9-21-16(14)17(15,3)4/h12-16,20H,5-11H2,1-4H3. The topological polar surface area (TPSA) is 35.9 Å². The van der Waals surface area contributed by atoms with Crippen LogP contribution in [0.5, 0.6) is 0 Å². The third-order valence-electron chi connectivity index (χ3n) is 6.04. The molecule has 5 unspecified atom stereocenters. The first-order valence-corrected chi connectivity index (χ1v) is 8.73. The van der Waals surface area contributed by atoms with E-state index in [1.807, 2.05) is 6.92 Å². The average Bonchev–Trinajstić information content (AvgIpc) is 2.86. The van der Waals surface area contributed by atoms with Gasteiger partial charge in [0.1, 0.15) is 0 Å². The SMILES string of the molecule is CCC1CN(C2C3CCOC3C2(C)C)CCN1CC(C)O. The highest BCUT2D eigenvalue weighted by Gasteiger charge is 2.61. The Kier molecular flexibility index (Phi) is 4.34. The number of piperazine rings is 1. The zero-order chi connectivity index (χ0) is 15.2. The van der Waals surface area contributed by atoms with E-state index in [2.05, 4.69) is 30.6 Å². The van der Waals surface area contributed by atoms with Crippen molar-refractivity contribution in [3.63, 3.8) is 0 Å². The van der Waals surface area contributed by atoms with E-state index in [0.29, 0.717) is 23.6 Å². The van der Waals surface area contributed by atoms with Crippen LogP contribution in [0.3, 0.4) is 0 Å². The second kappa shape index (κ2) is 5.80. The van der Waals surface area contributed by atoms with Crippen molar-refractivity contribution in [1.82, 2.24) is 9.80 Å². The molecule has 4 heteroatoms. The molecule has 0 bridgehead atoms. The summed E-state index contributed by atoms with van der Waals surface area (Å²) >= 11 is 0. The van der Waals surface area contributed by atoms with Gasteiger partial charge in [-0.1, -0.05) is 20.8 Å². The van der Waals surface area contributed by atoms with E-state index in [0.717, 1.165) is 38.7 Å². The highest BCUT2D eigenvalue weighted by atomic mass is 16.5. The maximum Gasteiger partial charge on any atom is 0.0685 e. The molecule has 0 spiro atoms. The van der Waals surface area contributed by atoms with Gasteiger partial charge in [0.15, 0.2) is 0 Å². The summed E-state index contributed by atoms with van der Waals surface area (Å²) in [7, 11) is 0. The molecule has 4 nitrogen and oxygen atoms in total. The van der Waals surface area contributed by atoms with Gasteiger partial charge >= 0.3 is 0 Å². The largest absolute Gasteiger partial charge is 0.392 e. The summed E-state index contributed by atoms with van der Waals surface area (Å²) in [4.78, 5) is 5.21. The van der Waals surface area contributed by atoms with Crippen LogP contribution >= 0.6 is 0 Å². The van der Waals surface area contributed by atoms with Gasteiger partial charge in [-0.3, -0.25) is 9.80 Å². The van der Waals surface area contributed by atoms with Crippen molar-refractivity contribution < 1.29 is 9.84 Å². The average molecular weight is 296 g/mol. The number of rotatable bonds is 4. The molecule has 0 amide bonds. The fraction of sp³-hybridized carbons (Fsp3) is 1.00. The van der Waals surface area contributed by atoms with E-state index < -0.39 is 0 Å². The van der Waals surface area contributed by atoms with Gasteiger partial charge < -0.3 is 9.84 Å². The lowest BCUT2D eigenvalue weighted by Gasteiger charge is -2.60. The highest BCUT2D eigenvalue weighted by Crippen LogP contribution is 2.54. The molecular formula is C17H32N2O2. The molecular weight excluding hydrogens is 264 g/mol. The molecule has 3 fully saturated rings. The van der Waals surface area contributed by atoms with Gasteiger partial charge in [-0.15, -0.1) is 0 Å². The van der Waals surface area contributed by atoms with Crippen LogP contribution < -0.4 is 0 Å². The molecule has 122 valence electrons. The number of ether oxygens (including phenoxy) is 1. The molecule has 21 heavy (non-hydrogen) atoms. The van der Waals surface area contributed by atoms with Gasteiger partial charge in [-0.25, -0.2) is 0 Å². The van der Waals surface area contributed by atoms with Gasteiger partial charge in [0.2, 0.25) is 0 Å². The minimum Gasteiger partial charge on any atom is -0.392 e. The Bertz CT molecular complexity index is 372. The lowest BCUT2D eigenvalue weighted by Crippen LogP contribution is -2.70. The van der Waals surface area contributed by atoms with Crippen molar-refractivity contribution in [2.45, 2.75) is 64.8 Å². The smallest absolute Gasteiger partial charge is 0.0685 e. The third-order valence-corrected chi connectivity index (χ3v) is 6.04. The Balaban J connectivity index is 1.65. The molecule has 0 radical (unpaired) electrons. The first kappa shape index (κ1) is 15.7. The molecule has 0 aromatic heterocycles. The Morgan fingerprint density at radius 3 is 2.76 bits per heavy atom. The van der Waals surface area contributed by atoms with Gasteiger partial charge in [0.25, 0.3) is 0 Å². The highest BCUT2D eigenvalue weighted by molar-refractivity contribution is 5.12. The van der Waals surface area contributed by atoms with Gasteiger partial charge in [0, 0.05) is 56.2 Å². The molecule has 3 aliphatic rings. The summed E-state index contributed by atoms with van der Waals surface area (Å²) < 4.78 is 5.94. The maximum absolute atomic E-state index is 9.68. The van der Waals surface area contributed by atoms with Gasteiger partial charge in [-0.2, -0.15) is 0 Å². The number of nitrogens with zero attached hydrogens (tertiary/aromatic N) is 2. The van der Waals surface area contributed by atoms with Crippen LogP contribution in [-0.2, 0) is 4.74 Å². The Morgan fingerprint density at radius 1 is 1.33 bits per heavy atom. The summed E-state index contributed by atoms with van der Waals surface area (Å²) in [5, 5.41) is 9.68. The molecule has 3 rings (SSSR count). The molecule has 5 atom stereocenters. The molecule has 2 aliphatic heterocycles. The molecule has 0 aromatic rings. The van der Waals surface area contributed by atoms with Crippen molar-refractivity contribution in [1.29, 1.82) is 0 Å². The molecule has 1 aliphatic carbocycles. The normalized spacial score (nSPS) is 41.6. The zero-order valence-corrected chi connectivity index (χ0v) is 14.1. The van der Waals surface area contributed by atoms with E-state index in [1.54, 1.807) is 0 Å². The monoisotopic (exact) mass is 296 g/mol. The predicted molar refractivity (Wildman–Crippen MR) is 84.3 cm³/mol. The Labute approximate surface area is 129 Å². The van der Waals surface area contributed by atoms with E-state index in [1.165, 1.54) is 12.8 Å². The van der Waals surface area contributed by atoms with E-state index in [9.17, 15) is 5.11 Å². The van der Waals surface area contributed by atoms with Crippen molar-refractivity contribution in [3.05, 3.63) is 0 Å². The van der Waals surface area contributed by atoms with Crippen LogP contribution in [0.1, 0.15) is 40.5 Å². The fourth-order valence-electron chi connectivity index (χ4n) is 5.18. The third kappa shape index (κ3) is 2.65. The van der Waals surface area contributed by atoms with Crippen molar-refractivity contribution in [2.75, 3.05) is 32.8 Å². The molecule has 1 N–H and O–H groups in total. The van der Waals surface area contributed by atoms with E-state index in [-0.39, 0.29) is 6.10 Å². The summed E-state index contributed by atoms with van der Waals surface area (Å²) in [6, 6.07) is 1.28. The zero-order valence-electron chi connectivity index (χ0n) is 14.1. The lowest BCUT2D eigenvalue weighted by atomic mass is 9.56. The number of hydrogen-bond acceptors (Lipinski definition) is 4. The van der Waals surface area contributed by atoms with Crippen molar-refractivity contribution >= 4 is 0 Å². The second-order valence-corrected chi connectivity index (χ2v) is 7.91. The van der Waals surface area contributed by atoms with Crippen molar-refractivity contribution in [3.8, 4) is 0 Å². The van der Waals surface area contributed by atoms with Crippen LogP contribution in [0.4, 0.5) is 0 Å². The van der Waals surface area contributed by atoms with E-state index >= 15 is 0 Å². The first-order valence-electron chi connectivity index (χ1n) is 8.73. The minimum atomic E-state index is -0.224. The summed E-state index contributed by atoms with van der Waals surface area (Å²) in [5.74, 6) is 0.751. The maximum atomic E-state index is 9.68. The van der Waals surface area contributed by atoms with Crippen LogP contribution in [0.25, 0.3) is 0 Å². The number of aliphatic hydroxyl groups is 1. The fourth-order valence-corrected chi connectivity index (χ4v) is 5.18. The number of fused-ring (bicyclic) bond motifs is 1. The van der Waals surface area contributed by atoms with Crippen molar-refractivity contribution in [2.24, 2.45) is 11.3 Å². The molecule has 2 heterocycles. The summed E-state index contributed by atoms with van der Waals surface area (Å²) in [6.45, 7) is 14.1. The predicted octanol–water partition coefficient (Wildman–Crippen LogP) is 1.58. The summed E-state index contributed by atoms with van der Waals surface area (Å²) in [5.41, 5.74) is 0.298. The Morgan fingerprint density at radius 2 is 2.10 bits per heavy atom. The second-order valence-electron chi connectivity index (χ2n) is 7.91. The Hall–Kier alpha value is -0.160. The first-order chi connectivity index (χ1) is 9.95. The van der Waals surface area contributed by atoms with Gasteiger partial charge in [0.05, 0.1) is 12.2 Å².